The highest BCUT2D eigenvalue weighted by atomic mass is 35.5. The third-order valence-corrected chi connectivity index (χ3v) is 7.29. The van der Waals surface area contributed by atoms with Gasteiger partial charge in [-0.2, -0.15) is 0 Å². The molecule has 0 aliphatic carbocycles. The summed E-state index contributed by atoms with van der Waals surface area (Å²) < 4.78 is 24.2. The molecule has 216 valence electrons. The van der Waals surface area contributed by atoms with Crippen LogP contribution < -0.4 is 15.8 Å². The van der Waals surface area contributed by atoms with Crippen molar-refractivity contribution in [2.24, 2.45) is 7.05 Å². The average molecular weight is 583 g/mol. The number of fused-ring (bicyclic) bond motifs is 1. The number of halogens is 2. The maximum absolute atomic E-state index is 14.3. The molecule has 10 nitrogen and oxygen atoms in total. The number of aromatic nitrogens is 4. The van der Waals surface area contributed by atoms with Gasteiger partial charge >= 0.3 is 6.09 Å². The molecule has 1 aliphatic rings. The summed E-state index contributed by atoms with van der Waals surface area (Å²) in [5.74, 6) is -0.399. The Bertz CT molecular complexity index is 1670. The fourth-order valence-electron chi connectivity index (χ4n) is 5.17. The van der Waals surface area contributed by atoms with E-state index in [0.29, 0.717) is 42.3 Å². The summed E-state index contributed by atoms with van der Waals surface area (Å²) in [6.45, 7) is 6.29. The summed E-state index contributed by atoms with van der Waals surface area (Å²) in [4.78, 5) is 46.6. The molecule has 0 unspecified atom stereocenters. The van der Waals surface area contributed by atoms with Gasteiger partial charge in [0.05, 0.1) is 12.9 Å². The molecule has 4 aromatic rings. The number of carbonyl (C=O) groups is 2. The number of rotatable bonds is 5. The highest BCUT2D eigenvalue weighted by Crippen LogP contribution is 2.35. The van der Waals surface area contributed by atoms with E-state index in [2.05, 4.69) is 10.3 Å². The van der Waals surface area contributed by atoms with Crippen molar-refractivity contribution >= 4 is 40.5 Å². The number of hydrogen-bond acceptors (Lipinski definition) is 6. The number of anilines is 1. The lowest BCUT2D eigenvalue weighted by molar-refractivity contribution is 0.0499. The van der Waals surface area contributed by atoms with Gasteiger partial charge in [-0.1, -0.05) is 11.6 Å². The first kappa shape index (κ1) is 28.4. The van der Waals surface area contributed by atoms with Crippen LogP contribution in [0.2, 0.25) is 5.02 Å². The number of aryl methyl sites for hydroxylation is 1. The second-order valence-electron chi connectivity index (χ2n) is 11.2. The molecule has 4 heterocycles. The Morgan fingerprint density at radius 2 is 1.95 bits per heavy atom. The van der Waals surface area contributed by atoms with Gasteiger partial charge in [0, 0.05) is 43.6 Å². The summed E-state index contributed by atoms with van der Waals surface area (Å²) >= 11 is 6.47. The molecule has 1 aromatic carbocycles. The lowest BCUT2D eigenvalue weighted by atomic mass is 10.1. The molecular weight excluding hydrogens is 551 g/mol. The van der Waals surface area contributed by atoms with Crippen molar-refractivity contribution in [2.75, 3.05) is 18.0 Å². The number of nitrogens with zero attached hydrogens (tertiary/aromatic N) is 5. The van der Waals surface area contributed by atoms with Crippen LogP contribution in [0.5, 0.6) is 0 Å². The largest absolute Gasteiger partial charge is 0.444 e. The molecule has 41 heavy (non-hydrogen) atoms. The molecule has 1 atom stereocenters. The van der Waals surface area contributed by atoms with Gasteiger partial charge in [-0.05, 0) is 69.5 Å². The maximum atomic E-state index is 14.3. The van der Waals surface area contributed by atoms with Gasteiger partial charge in [-0.15, -0.1) is 0 Å². The molecule has 0 bridgehead atoms. The van der Waals surface area contributed by atoms with E-state index in [1.54, 1.807) is 56.9 Å². The van der Waals surface area contributed by atoms with Gasteiger partial charge in [-0.3, -0.25) is 14.2 Å². The third kappa shape index (κ3) is 5.85. The van der Waals surface area contributed by atoms with Gasteiger partial charge in [0.15, 0.2) is 0 Å². The second kappa shape index (κ2) is 11.0. The fourth-order valence-corrected chi connectivity index (χ4v) is 5.35. The standard InChI is InChI=1S/C29H32ClFN6O4/c1-29(2,3)41-28(40)33-20-8-7-13-36(16-20)25-22(26(38)35-11-5-6-12-35)23-24(27(39)34(4)17-32-23)37(25)15-18-14-19(31)9-10-21(18)30/h5-6,9-12,14,17,20H,7-8,13,15-16H2,1-4H3,(H,33,40)/t20-/m1/s1. The Labute approximate surface area is 241 Å². The number of alkyl carbamates (subject to hydrolysis) is 1. The summed E-state index contributed by atoms with van der Waals surface area (Å²) in [6, 6.07) is 7.22. The summed E-state index contributed by atoms with van der Waals surface area (Å²) in [6.07, 6.45) is 5.50. The quantitative estimate of drug-likeness (QED) is 0.370. The van der Waals surface area contributed by atoms with Crippen molar-refractivity contribution in [3.8, 4) is 0 Å². The predicted octanol–water partition coefficient (Wildman–Crippen LogP) is 4.56. The molecule has 0 radical (unpaired) electrons. The maximum Gasteiger partial charge on any atom is 0.407 e. The van der Waals surface area contributed by atoms with Crippen LogP contribution >= 0.6 is 11.6 Å². The first-order chi connectivity index (χ1) is 19.4. The number of benzene rings is 1. The highest BCUT2D eigenvalue weighted by molar-refractivity contribution is 6.31. The minimum atomic E-state index is -0.656. The number of hydrogen-bond donors (Lipinski definition) is 1. The first-order valence-corrected chi connectivity index (χ1v) is 13.7. The van der Waals surface area contributed by atoms with Crippen molar-refractivity contribution in [1.29, 1.82) is 0 Å². The Morgan fingerprint density at radius 3 is 2.66 bits per heavy atom. The van der Waals surface area contributed by atoms with Crippen LogP contribution in [-0.2, 0) is 18.3 Å². The monoisotopic (exact) mass is 582 g/mol. The second-order valence-corrected chi connectivity index (χ2v) is 11.6. The van der Waals surface area contributed by atoms with Crippen LogP contribution in [0.4, 0.5) is 15.0 Å². The topological polar surface area (TPSA) is 103 Å². The summed E-state index contributed by atoms with van der Waals surface area (Å²) in [5.41, 5.74) is 0.0859. The fraction of sp³-hybridized carbons (Fsp3) is 0.379. The van der Waals surface area contributed by atoms with E-state index < -0.39 is 17.5 Å². The minimum Gasteiger partial charge on any atom is -0.444 e. The van der Waals surface area contributed by atoms with E-state index in [9.17, 15) is 18.8 Å². The predicted molar refractivity (Wildman–Crippen MR) is 154 cm³/mol. The van der Waals surface area contributed by atoms with Crippen molar-refractivity contribution in [2.45, 2.75) is 51.8 Å². The van der Waals surface area contributed by atoms with Crippen LogP contribution in [0.1, 0.15) is 49.5 Å². The lowest BCUT2D eigenvalue weighted by Gasteiger charge is -2.36. The van der Waals surface area contributed by atoms with Gasteiger partial charge in [-0.25, -0.2) is 14.2 Å². The molecule has 0 saturated carbocycles. The van der Waals surface area contributed by atoms with Crippen molar-refractivity contribution < 1.29 is 18.7 Å². The smallest absolute Gasteiger partial charge is 0.407 e. The number of nitrogens with one attached hydrogen (secondary N) is 1. The molecule has 1 N–H and O–H groups in total. The van der Waals surface area contributed by atoms with Gasteiger partial charge in [0.25, 0.3) is 11.5 Å². The zero-order valence-electron chi connectivity index (χ0n) is 23.4. The van der Waals surface area contributed by atoms with Crippen LogP contribution in [-0.4, -0.2) is 55.4 Å². The zero-order chi connectivity index (χ0) is 29.5. The van der Waals surface area contributed by atoms with Gasteiger partial charge < -0.3 is 24.1 Å². The molecular formula is C29H32ClFN6O4. The zero-order valence-corrected chi connectivity index (χ0v) is 24.1. The average Bonchev–Trinajstić information content (AvgIpc) is 3.54. The van der Waals surface area contributed by atoms with Gasteiger partial charge in [0.1, 0.15) is 33.8 Å². The molecule has 0 spiro atoms. The van der Waals surface area contributed by atoms with Gasteiger partial charge in [0.2, 0.25) is 0 Å². The summed E-state index contributed by atoms with van der Waals surface area (Å²) in [5, 5.41) is 3.26. The Kier molecular flexibility index (Phi) is 7.65. The number of carbonyl (C=O) groups excluding carboxylic acids is 2. The molecule has 12 heteroatoms. The van der Waals surface area contributed by atoms with Crippen LogP contribution in [0.15, 0.2) is 53.8 Å². The highest BCUT2D eigenvalue weighted by Gasteiger charge is 2.33. The first-order valence-electron chi connectivity index (χ1n) is 13.4. The third-order valence-electron chi connectivity index (χ3n) is 6.92. The van der Waals surface area contributed by atoms with E-state index >= 15 is 0 Å². The van der Waals surface area contributed by atoms with Crippen molar-refractivity contribution in [1.82, 2.24) is 24.0 Å². The van der Waals surface area contributed by atoms with Crippen molar-refractivity contribution in [3.63, 3.8) is 0 Å². The molecule has 1 saturated heterocycles. The molecule has 5 rings (SSSR count). The minimum absolute atomic E-state index is 0.0168. The molecule has 1 amide bonds. The van der Waals surface area contributed by atoms with E-state index in [1.807, 2.05) is 4.90 Å². The Hall–Kier alpha value is -4.12. The van der Waals surface area contributed by atoms with Crippen LogP contribution in [0, 0.1) is 5.82 Å². The molecule has 1 aliphatic heterocycles. The van der Waals surface area contributed by atoms with E-state index in [1.165, 1.54) is 33.7 Å². The van der Waals surface area contributed by atoms with E-state index in [-0.39, 0.29) is 40.6 Å². The number of ether oxygens (including phenoxy) is 1. The van der Waals surface area contributed by atoms with Crippen LogP contribution in [0.3, 0.4) is 0 Å². The lowest BCUT2D eigenvalue weighted by Crippen LogP contribution is -2.49. The van der Waals surface area contributed by atoms with Crippen molar-refractivity contribution in [3.05, 3.63) is 81.4 Å². The number of piperidine rings is 1. The summed E-state index contributed by atoms with van der Waals surface area (Å²) in [7, 11) is 1.58. The normalized spacial score (nSPS) is 15.8. The van der Waals surface area contributed by atoms with E-state index in [4.69, 9.17) is 16.3 Å². The van der Waals surface area contributed by atoms with E-state index in [0.717, 1.165) is 0 Å². The molecule has 3 aromatic heterocycles. The SMILES string of the molecule is Cn1cnc2c(C(=O)n3cccc3)c(N3CCC[C@@H](NC(=O)OC(C)(C)C)C3)n(Cc3cc(F)ccc3Cl)c2c1=O. The van der Waals surface area contributed by atoms with Crippen LogP contribution in [0.25, 0.3) is 11.0 Å². The Balaban J connectivity index is 1.68. The Morgan fingerprint density at radius 1 is 1.22 bits per heavy atom. The number of amides is 1. The molecule has 1 fully saturated rings.